The molecule has 0 unspecified atom stereocenters. The predicted molar refractivity (Wildman–Crippen MR) is 92.3 cm³/mol. The molecule has 0 radical (unpaired) electrons. The molecule has 27 heavy (non-hydrogen) atoms. The largest absolute Gasteiger partial charge is 0.509 e. The molecule has 10 heteroatoms. The fourth-order valence-electron chi connectivity index (χ4n) is 2.64. The summed E-state index contributed by atoms with van der Waals surface area (Å²) in [5.74, 6) is 0.573. The van der Waals surface area contributed by atoms with E-state index in [-0.39, 0.29) is 24.9 Å². The zero-order valence-electron chi connectivity index (χ0n) is 14.2. The lowest BCUT2D eigenvalue weighted by molar-refractivity contribution is 0.254. The third kappa shape index (κ3) is 3.81. The highest BCUT2D eigenvalue weighted by molar-refractivity contribution is 6.73. The molecule has 0 spiro atoms. The minimum absolute atomic E-state index is 0.103. The summed E-state index contributed by atoms with van der Waals surface area (Å²) in [5.41, 5.74) is 0.980. The second-order valence-electron chi connectivity index (χ2n) is 5.75. The number of methoxy groups -OCH3 is 1. The van der Waals surface area contributed by atoms with Gasteiger partial charge in [-0.1, -0.05) is 29.4 Å². The van der Waals surface area contributed by atoms with E-state index in [1.165, 1.54) is 19.2 Å². The third-order valence-corrected chi connectivity index (χ3v) is 4.07. The van der Waals surface area contributed by atoms with E-state index in [1.54, 1.807) is 12.1 Å². The Kier molecular flexibility index (Phi) is 5.20. The van der Waals surface area contributed by atoms with E-state index in [4.69, 9.17) is 9.26 Å². The van der Waals surface area contributed by atoms with E-state index >= 15 is 0 Å². The molecule has 0 bridgehead atoms. The van der Waals surface area contributed by atoms with Crippen molar-refractivity contribution in [3.05, 3.63) is 47.5 Å². The molecule has 6 nitrogen and oxygen atoms in total. The first kappa shape index (κ1) is 18.9. The Balaban J connectivity index is 1.96. The van der Waals surface area contributed by atoms with Crippen molar-refractivity contribution in [2.75, 3.05) is 7.11 Å². The lowest BCUT2D eigenvalue weighted by atomic mass is 9.80. The molecule has 0 saturated heterocycles. The second-order valence-corrected chi connectivity index (χ2v) is 5.75. The molecule has 2 aromatic carbocycles. The lowest BCUT2D eigenvalue weighted by Gasteiger charge is -2.14. The van der Waals surface area contributed by atoms with Gasteiger partial charge in [-0.05, 0) is 17.7 Å². The van der Waals surface area contributed by atoms with Crippen LogP contribution in [0.5, 0.6) is 5.75 Å². The number of aliphatic hydroxyl groups excluding tert-OH is 2. The van der Waals surface area contributed by atoms with Crippen LogP contribution in [0.25, 0.3) is 22.8 Å². The van der Waals surface area contributed by atoms with Crippen molar-refractivity contribution in [2.45, 2.75) is 13.2 Å². The summed E-state index contributed by atoms with van der Waals surface area (Å²) < 4.78 is 48.6. The van der Waals surface area contributed by atoms with Crippen LogP contribution in [0.2, 0.25) is 0 Å². The van der Waals surface area contributed by atoms with E-state index in [9.17, 15) is 23.2 Å². The standard InChI is InChI=1S/C17H15BF3N2O4/c1-26-15-7-11(6-12(8-24)14(15)9-25)17-22-16(23-27-17)10-2-4-13(5-3-10)18(19,20)21/h2-7,24-25H,8-9H2,1H3/q-1. The molecule has 3 rings (SSSR count). The van der Waals surface area contributed by atoms with Gasteiger partial charge in [0.15, 0.2) is 0 Å². The first-order valence-corrected chi connectivity index (χ1v) is 7.93. The quantitative estimate of drug-likeness (QED) is 0.640. The van der Waals surface area contributed by atoms with Crippen LogP contribution in [-0.4, -0.2) is 34.4 Å². The zero-order chi connectivity index (χ0) is 19.6. The highest BCUT2D eigenvalue weighted by Crippen LogP contribution is 2.31. The molecule has 3 aromatic rings. The topological polar surface area (TPSA) is 88.6 Å². The Bertz CT molecular complexity index is 917. The molecule has 1 heterocycles. The van der Waals surface area contributed by atoms with Crippen molar-refractivity contribution in [3.63, 3.8) is 0 Å². The third-order valence-electron chi connectivity index (χ3n) is 4.07. The molecule has 0 saturated carbocycles. The van der Waals surface area contributed by atoms with Gasteiger partial charge in [0.05, 0.1) is 20.3 Å². The van der Waals surface area contributed by atoms with Gasteiger partial charge in [-0.3, -0.25) is 0 Å². The summed E-state index contributed by atoms with van der Waals surface area (Å²) in [6.07, 6.45) is 0. The maximum Gasteiger partial charge on any atom is 0.509 e. The Labute approximate surface area is 152 Å². The lowest BCUT2D eigenvalue weighted by Crippen LogP contribution is -2.33. The molecular weight excluding hydrogens is 364 g/mol. The Hall–Kier alpha value is -2.85. The van der Waals surface area contributed by atoms with Crippen LogP contribution >= 0.6 is 0 Å². The van der Waals surface area contributed by atoms with Crippen LogP contribution in [0.4, 0.5) is 12.9 Å². The van der Waals surface area contributed by atoms with E-state index < -0.39 is 12.4 Å². The van der Waals surface area contributed by atoms with Gasteiger partial charge < -0.3 is 32.4 Å². The molecule has 0 aliphatic rings. The maximum atomic E-state index is 12.7. The van der Waals surface area contributed by atoms with Gasteiger partial charge in [0, 0.05) is 16.7 Å². The van der Waals surface area contributed by atoms with Crippen molar-refractivity contribution in [3.8, 4) is 28.6 Å². The smallest absolute Gasteiger partial charge is 0.496 e. The highest BCUT2D eigenvalue weighted by Gasteiger charge is 2.25. The number of hydrogen-bond acceptors (Lipinski definition) is 6. The molecule has 0 fully saturated rings. The molecule has 1 aromatic heterocycles. The average molecular weight is 379 g/mol. The van der Waals surface area contributed by atoms with E-state index in [2.05, 4.69) is 10.1 Å². The van der Waals surface area contributed by atoms with Crippen molar-refractivity contribution in [1.29, 1.82) is 0 Å². The molecular formula is C17H15BF3N2O4-. The minimum atomic E-state index is -5.07. The predicted octanol–water partition coefficient (Wildman–Crippen LogP) is 2.45. The van der Waals surface area contributed by atoms with Crippen molar-refractivity contribution < 1.29 is 32.4 Å². The van der Waals surface area contributed by atoms with Gasteiger partial charge in [-0.15, -0.1) is 5.46 Å². The first-order valence-electron chi connectivity index (χ1n) is 7.93. The van der Waals surface area contributed by atoms with Gasteiger partial charge in [-0.2, -0.15) is 4.98 Å². The molecule has 2 N–H and O–H groups in total. The summed E-state index contributed by atoms with van der Waals surface area (Å²) in [6, 6.07) is 7.61. The number of hydrogen-bond donors (Lipinski definition) is 2. The average Bonchev–Trinajstić information content (AvgIpc) is 3.16. The number of aliphatic hydroxyl groups is 2. The fourth-order valence-corrected chi connectivity index (χ4v) is 2.64. The molecule has 0 aliphatic carbocycles. The summed E-state index contributed by atoms with van der Waals surface area (Å²) in [4.78, 5) is 4.20. The number of rotatable bonds is 6. The molecule has 0 aliphatic heterocycles. The van der Waals surface area contributed by atoms with Gasteiger partial charge in [0.1, 0.15) is 5.75 Å². The van der Waals surface area contributed by atoms with Crippen molar-refractivity contribution in [1.82, 2.24) is 10.1 Å². The van der Waals surface area contributed by atoms with Crippen molar-refractivity contribution >= 4 is 12.4 Å². The van der Waals surface area contributed by atoms with Crippen LogP contribution in [0.1, 0.15) is 11.1 Å². The van der Waals surface area contributed by atoms with Gasteiger partial charge in [0.2, 0.25) is 5.82 Å². The summed E-state index contributed by atoms with van der Waals surface area (Å²) in [6.45, 7) is -5.72. The Morgan fingerprint density at radius 3 is 2.30 bits per heavy atom. The van der Waals surface area contributed by atoms with E-state index in [0.717, 1.165) is 12.1 Å². The van der Waals surface area contributed by atoms with Gasteiger partial charge in [0.25, 0.3) is 5.89 Å². The number of benzene rings is 2. The number of halogens is 3. The monoisotopic (exact) mass is 379 g/mol. The number of nitrogens with zero attached hydrogens (tertiary/aromatic N) is 2. The summed E-state index contributed by atoms with van der Waals surface area (Å²) >= 11 is 0. The summed E-state index contributed by atoms with van der Waals surface area (Å²) in [5, 5.41) is 22.7. The Morgan fingerprint density at radius 1 is 1.04 bits per heavy atom. The molecule has 142 valence electrons. The normalized spacial score (nSPS) is 11.6. The summed E-state index contributed by atoms with van der Waals surface area (Å²) in [7, 11) is 1.42. The van der Waals surface area contributed by atoms with Crippen LogP contribution in [0.15, 0.2) is 40.9 Å². The first-order chi connectivity index (χ1) is 12.9. The number of aromatic nitrogens is 2. The van der Waals surface area contributed by atoms with E-state index in [1.807, 2.05) is 0 Å². The highest BCUT2D eigenvalue weighted by atomic mass is 19.4. The SMILES string of the molecule is COc1cc(-c2nc(-c3ccc([B-](F)(F)F)cc3)no2)cc(CO)c1CO. The van der Waals surface area contributed by atoms with Crippen molar-refractivity contribution in [2.24, 2.45) is 0 Å². The molecule has 0 amide bonds. The van der Waals surface area contributed by atoms with Crippen LogP contribution in [0.3, 0.4) is 0 Å². The zero-order valence-corrected chi connectivity index (χ0v) is 14.2. The van der Waals surface area contributed by atoms with E-state index in [0.29, 0.717) is 28.0 Å². The maximum absolute atomic E-state index is 12.7. The van der Waals surface area contributed by atoms with Crippen LogP contribution < -0.4 is 10.2 Å². The molecule has 0 atom stereocenters. The minimum Gasteiger partial charge on any atom is -0.496 e. The fraction of sp³-hybridized carbons (Fsp3) is 0.176. The van der Waals surface area contributed by atoms with Crippen LogP contribution in [0, 0.1) is 0 Å². The number of ether oxygens (including phenoxy) is 1. The van der Waals surface area contributed by atoms with Gasteiger partial charge in [-0.25, -0.2) is 0 Å². The Morgan fingerprint density at radius 2 is 1.74 bits per heavy atom. The van der Waals surface area contributed by atoms with Crippen LogP contribution in [-0.2, 0) is 13.2 Å². The second kappa shape index (κ2) is 7.41. The van der Waals surface area contributed by atoms with Gasteiger partial charge >= 0.3 is 6.98 Å².